The van der Waals surface area contributed by atoms with Crippen LogP contribution < -0.4 is 5.73 Å². The molecule has 0 aromatic rings. The second-order valence-electron chi connectivity index (χ2n) is 0.782. The Morgan fingerprint density at radius 2 is 2.57 bits per heavy atom. The third kappa shape index (κ3) is 3.20. The van der Waals surface area contributed by atoms with Crippen LogP contribution >= 0.6 is 11.8 Å². The first-order chi connectivity index (χ1) is 3.31. The van der Waals surface area contributed by atoms with Crippen molar-refractivity contribution in [2.24, 2.45) is 10.7 Å². The summed E-state index contributed by atoms with van der Waals surface area (Å²) in [6.45, 7) is 0. The van der Waals surface area contributed by atoms with Gasteiger partial charge in [-0.1, -0.05) is 0 Å². The van der Waals surface area contributed by atoms with Crippen LogP contribution in [-0.4, -0.2) is 12.2 Å². The molecule has 0 radical (unpaired) electrons. The predicted octanol–water partition coefficient (Wildman–Crippen LogP) is 0.255. The molecule has 0 aliphatic rings. The summed E-state index contributed by atoms with van der Waals surface area (Å²) >= 11 is 1.09. The summed E-state index contributed by atoms with van der Waals surface area (Å²) in [4.78, 5) is 3.59. The fourth-order valence-electron chi connectivity index (χ4n) is 0.106. The number of thioether (sulfide) groups is 1. The van der Waals surface area contributed by atoms with Crippen LogP contribution in [0.4, 0.5) is 0 Å². The number of nitrogens with two attached hydrogens (primary N) is 1. The molecule has 2 N–H and O–H groups in total. The van der Waals surface area contributed by atoms with Crippen LogP contribution in [0.25, 0.3) is 0 Å². The van der Waals surface area contributed by atoms with Crippen molar-refractivity contribution >= 4 is 16.9 Å². The lowest BCUT2D eigenvalue weighted by atomic mass is 11.2. The zero-order valence-corrected chi connectivity index (χ0v) is 4.83. The SMILES string of the molecule is C#CSC(N)=NC. The van der Waals surface area contributed by atoms with Gasteiger partial charge in [-0.3, -0.25) is 4.99 Å². The molecule has 0 aliphatic heterocycles. The van der Waals surface area contributed by atoms with Crippen molar-refractivity contribution in [1.29, 1.82) is 0 Å². The van der Waals surface area contributed by atoms with Crippen molar-refractivity contribution in [3.63, 3.8) is 0 Å². The molecular formula is C4H6N2S. The van der Waals surface area contributed by atoms with Crippen molar-refractivity contribution in [1.82, 2.24) is 0 Å². The monoisotopic (exact) mass is 114 g/mol. The lowest BCUT2D eigenvalue weighted by Crippen LogP contribution is -2.03. The highest BCUT2D eigenvalue weighted by atomic mass is 32.2. The molecule has 0 heterocycles. The zero-order valence-electron chi connectivity index (χ0n) is 4.01. The molecule has 0 rings (SSSR count). The van der Waals surface area contributed by atoms with Crippen LogP contribution in [0, 0.1) is 11.7 Å². The van der Waals surface area contributed by atoms with Crippen LogP contribution in [0.15, 0.2) is 4.99 Å². The van der Waals surface area contributed by atoms with E-state index in [1.54, 1.807) is 7.05 Å². The lowest BCUT2D eigenvalue weighted by molar-refractivity contribution is 1.44. The average Bonchev–Trinajstić information content (AvgIpc) is 1.68. The van der Waals surface area contributed by atoms with Gasteiger partial charge < -0.3 is 5.73 Å². The van der Waals surface area contributed by atoms with E-state index in [1.807, 2.05) is 0 Å². The van der Waals surface area contributed by atoms with Crippen LogP contribution in [-0.2, 0) is 0 Å². The summed E-state index contributed by atoms with van der Waals surface area (Å²) in [5.41, 5.74) is 5.15. The summed E-state index contributed by atoms with van der Waals surface area (Å²) in [6.07, 6.45) is 4.86. The Labute approximate surface area is 47.2 Å². The molecule has 7 heavy (non-hydrogen) atoms. The molecule has 0 atom stereocenters. The van der Waals surface area contributed by atoms with E-state index in [9.17, 15) is 0 Å². The summed E-state index contributed by atoms with van der Waals surface area (Å²) in [6, 6.07) is 0. The van der Waals surface area contributed by atoms with E-state index in [-0.39, 0.29) is 0 Å². The molecule has 0 amide bonds. The predicted molar refractivity (Wildman–Crippen MR) is 34.0 cm³/mol. The van der Waals surface area contributed by atoms with Gasteiger partial charge in [-0.2, -0.15) is 0 Å². The van der Waals surface area contributed by atoms with Crippen molar-refractivity contribution in [2.45, 2.75) is 0 Å². The molecule has 0 fully saturated rings. The molecule has 0 unspecified atom stereocenters. The molecule has 0 bridgehead atoms. The molecule has 2 nitrogen and oxygen atoms in total. The highest BCUT2D eigenvalue weighted by molar-refractivity contribution is 8.17. The third-order valence-electron chi connectivity index (χ3n) is 0.384. The second-order valence-corrected chi connectivity index (χ2v) is 1.64. The Balaban J connectivity index is 3.43. The van der Waals surface area contributed by atoms with Gasteiger partial charge in [0.25, 0.3) is 0 Å². The largest absolute Gasteiger partial charge is 0.378 e. The zero-order chi connectivity index (χ0) is 5.70. The van der Waals surface area contributed by atoms with E-state index >= 15 is 0 Å². The van der Waals surface area contributed by atoms with Gasteiger partial charge in [-0.05, 0) is 17.0 Å². The van der Waals surface area contributed by atoms with E-state index in [0.29, 0.717) is 5.17 Å². The van der Waals surface area contributed by atoms with Crippen LogP contribution in [0.3, 0.4) is 0 Å². The Morgan fingerprint density at radius 3 is 2.71 bits per heavy atom. The summed E-state index contributed by atoms with van der Waals surface area (Å²) < 4.78 is 0. The van der Waals surface area contributed by atoms with E-state index in [0.717, 1.165) is 11.8 Å². The third-order valence-corrected chi connectivity index (χ3v) is 0.893. The van der Waals surface area contributed by atoms with E-state index in [4.69, 9.17) is 12.2 Å². The Morgan fingerprint density at radius 1 is 2.00 bits per heavy atom. The van der Waals surface area contributed by atoms with Gasteiger partial charge in [0.05, 0.1) is 0 Å². The second kappa shape index (κ2) is 3.57. The minimum Gasteiger partial charge on any atom is -0.378 e. The number of aliphatic imine (C=N–C) groups is 1. The van der Waals surface area contributed by atoms with Gasteiger partial charge in [0.2, 0.25) is 0 Å². The first kappa shape index (κ1) is 6.38. The fourth-order valence-corrected chi connectivity index (χ4v) is 0.318. The van der Waals surface area contributed by atoms with Crippen molar-refractivity contribution in [3.05, 3.63) is 0 Å². The fraction of sp³-hybridized carbons (Fsp3) is 0.250. The van der Waals surface area contributed by atoms with E-state index in [1.165, 1.54) is 0 Å². The standard InChI is InChI=1S/C4H6N2S/c1-3-7-4(5)6-2/h1H,2H3,(H2,5,6). The number of rotatable bonds is 0. The lowest BCUT2D eigenvalue weighted by Gasteiger charge is -1.83. The van der Waals surface area contributed by atoms with Crippen LogP contribution in [0.5, 0.6) is 0 Å². The minimum atomic E-state index is 0.433. The quantitative estimate of drug-likeness (QED) is 0.278. The number of hydrogen-bond acceptors (Lipinski definition) is 2. The molecule has 0 saturated heterocycles. The highest BCUT2D eigenvalue weighted by Crippen LogP contribution is 1.92. The van der Waals surface area contributed by atoms with Crippen LogP contribution in [0.2, 0.25) is 0 Å². The minimum absolute atomic E-state index is 0.433. The maximum absolute atomic E-state index is 5.15. The van der Waals surface area contributed by atoms with E-state index in [2.05, 4.69) is 10.2 Å². The van der Waals surface area contributed by atoms with Crippen molar-refractivity contribution in [2.75, 3.05) is 7.05 Å². The first-order valence-corrected chi connectivity index (χ1v) is 2.47. The highest BCUT2D eigenvalue weighted by Gasteiger charge is 1.80. The molecule has 0 aromatic heterocycles. The van der Waals surface area contributed by atoms with E-state index < -0.39 is 0 Å². The molecule has 0 aromatic carbocycles. The van der Waals surface area contributed by atoms with Gasteiger partial charge in [0.15, 0.2) is 5.17 Å². The molecule has 0 saturated carbocycles. The van der Waals surface area contributed by atoms with Gasteiger partial charge in [0.1, 0.15) is 0 Å². The van der Waals surface area contributed by atoms with Crippen molar-refractivity contribution < 1.29 is 0 Å². The topological polar surface area (TPSA) is 38.4 Å². The maximum Gasteiger partial charge on any atom is 0.166 e. The number of amidine groups is 1. The summed E-state index contributed by atoms with van der Waals surface area (Å²) in [7, 11) is 1.60. The molecule has 0 aliphatic carbocycles. The maximum atomic E-state index is 5.15. The molecule has 0 spiro atoms. The molecule has 3 heteroatoms. The Hall–Kier alpha value is -0.620. The Bertz CT molecular complexity index is 111. The smallest absolute Gasteiger partial charge is 0.166 e. The molecule has 38 valence electrons. The summed E-state index contributed by atoms with van der Waals surface area (Å²) in [5.74, 6) is 0. The van der Waals surface area contributed by atoms with Gasteiger partial charge in [-0.25, -0.2) is 0 Å². The Kier molecular flexibility index (Phi) is 3.25. The van der Waals surface area contributed by atoms with Gasteiger partial charge >= 0.3 is 0 Å². The number of hydrogen-bond donors (Lipinski definition) is 1. The normalized spacial score (nSPS) is 10.6. The average molecular weight is 114 g/mol. The summed E-state index contributed by atoms with van der Waals surface area (Å²) in [5, 5.41) is 2.71. The van der Waals surface area contributed by atoms with Crippen molar-refractivity contribution in [3.8, 4) is 11.7 Å². The molecular weight excluding hydrogens is 108 g/mol. The number of terminal acetylenes is 1. The number of nitrogens with zero attached hydrogens (tertiary/aromatic N) is 1. The van der Waals surface area contributed by atoms with Crippen LogP contribution in [0.1, 0.15) is 0 Å². The first-order valence-electron chi connectivity index (χ1n) is 1.66. The van der Waals surface area contributed by atoms with Gasteiger partial charge in [0, 0.05) is 7.05 Å². The van der Waals surface area contributed by atoms with Gasteiger partial charge in [-0.15, -0.1) is 6.42 Å².